The van der Waals surface area contributed by atoms with Gasteiger partial charge in [0, 0.05) is 23.6 Å². The van der Waals surface area contributed by atoms with Gasteiger partial charge in [-0.2, -0.15) is 0 Å². The highest BCUT2D eigenvalue weighted by atomic mass is 79.9. The van der Waals surface area contributed by atoms with E-state index in [0.29, 0.717) is 5.41 Å². The molecule has 1 fully saturated rings. The smallest absolute Gasteiger partial charge is 0.0511 e. The first kappa shape index (κ1) is 14.9. The maximum atomic E-state index is 5.94. The van der Waals surface area contributed by atoms with Gasteiger partial charge in [-0.15, -0.1) is 0 Å². The molecule has 1 saturated heterocycles. The predicted molar refractivity (Wildman–Crippen MR) is 86.6 cm³/mol. The third kappa shape index (κ3) is 2.97. The van der Waals surface area contributed by atoms with Crippen molar-refractivity contribution in [2.24, 2.45) is 11.1 Å². The van der Waals surface area contributed by atoms with Crippen molar-refractivity contribution < 1.29 is 0 Å². The Bertz CT molecular complexity index is 438. The number of halogens is 1. The highest BCUT2D eigenvalue weighted by molar-refractivity contribution is 9.10. The van der Waals surface area contributed by atoms with Gasteiger partial charge in [0.05, 0.1) is 5.69 Å². The summed E-state index contributed by atoms with van der Waals surface area (Å²) in [6.45, 7) is 9.01. The highest BCUT2D eigenvalue weighted by Gasteiger charge is 2.35. The van der Waals surface area contributed by atoms with Crippen molar-refractivity contribution in [3.05, 3.63) is 28.2 Å². The van der Waals surface area contributed by atoms with Crippen molar-refractivity contribution in [1.29, 1.82) is 0 Å². The molecule has 0 aromatic heterocycles. The van der Waals surface area contributed by atoms with Crippen LogP contribution in [0.25, 0.3) is 0 Å². The lowest BCUT2D eigenvalue weighted by molar-refractivity contribution is 0.301. The van der Waals surface area contributed by atoms with Crippen LogP contribution in [-0.2, 0) is 0 Å². The molecule has 0 spiro atoms. The molecule has 1 aliphatic rings. The van der Waals surface area contributed by atoms with Gasteiger partial charge in [0.1, 0.15) is 0 Å². The molecule has 0 amide bonds. The maximum absolute atomic E-state index is 5.94. The summed E-state index contributed by atoms with van der Waals surface area (Å²) < 4.78 is 1.17. The molecule has 0 saturated carbocycles. The lowest BCUT2D eigenvalue weighted by atomic mass is 9.82. The summed E-state index contributed by atoms with van der Waals surface area (Å²) in [5, 5.41) is 0. The Morgan fingerprint density at radius 1 is 1.37 bits per heavy atom. The minimum Gasteiger partial charge on any atom is -0.370 e. The van der Waals surface area contributed by atoms with Gasteiger partial charge in [-0.05, 0) is 65.2 Å². The lowest BCUT2D eigenvalue weighted by Gasteiger charge is -2.28. The first-order valence-electron chi connectivity index (χ1n) is 7.31. The van der Waals surface area contributed by atoms with Crippen molar-refractivity contribution in [2.75, 3.05) is 18.0 Å². The summed E-state index contributed by atoms with van der Waals surface area (Å²) in [6, 6.07) is 6.62. The van der Waals surface area contributed by atoms with Crippen molar-refractivity contribution >= 4 is 21.6 Å². The molecule has 19 heavy (non-hydrogen) atoms. The molecule has 2 nitrogen and oxygen atoms in total. The predicted octanol–water partition coefficient (Wildman–Crippen LogP) is 4.49. The van der Waals surface area contributed by atoms with E-state index in [1.54, 1.807) is 0 Å². The van der Waals surface area contributed by atoms with Crippen LogP contribution in [0.1, 0.15) is 51.6 Å². The van der Waals surface area contributed by atoms with Gasteiger partial charge in [0.2, 0.25) is 0 Å². The molecule has 106 valence electrons. The molecular formula is C16H25BrN2. The minimum atomic E-state index is 0.0919. The van der Waals surface area contributed by atoms with Crippen LogP contribution in [0.15, 0.2) is 22.7 Å². The molecule has 1 heterocycles. The van der Waals surface area contributed by atoms with E-state index in [-0.39, 0.29) is 6.04 Å². The zero-order valence-electron chi connectivity index (χ0n) is 12.2. The summed E-state index contributed by atoms with van der Waals surface area (Å²) in [7, 11) is 0. The Kier molecular flexibility index (Phi) is 4.57. The molecule has 2 N–H and O–H groups in total. The molecule has 0 radical (unpaired) electrons. The molecule has 3 heteroatoms. The molecular weight excluding hydrogens is 300 g/mol. The second-order valence-corrected chi connectivity index (χ2v) is 6.73. The van der Waals surface area contributed by atoms with Crippen LogP contribution in [-0.4, -0.2) is 13.1 Å². The van der Waals surface area contributed by atoms with Crippen molar-refractivity contribution in [2.45, 2.75) is 46.1 Å². The Labute approximate surface area is 125 Å². The molecule has 2 rings (SSSR count). The van der Waals surface area contributed by atoms with Gasteiger partial charge in [-0.3, -0.25) is 0 Å². The number of nitrogens with two attached hydrogens (primary N) is 1. The standard InChI is InChI=1S/C16H25BrN2/c1-4-16(5-2)8-9-19(11-16)15-7-6-13(12(3)18)10-14(15)17/h6-7,10,12H,4-5,8-9,11,18H2,1-3H3/t12-/m1/s1. The first-order chi connectivity index (χ1) is 9.01. The molecule has 0 aliphatic carbocycles. The van der Waals surface area contributed by atoms with Crippen LogP contribution in [0.3, 0.4) is 0 Å². The zero-order valence-corrected chi connectivity index (χ0v) is 13.8. The fourth-order valence-electron chi connectivity index (χ4n) is 3.03. The Hall–Kier alpha value is -0.540. The van der Waals surface area contributed by atoms with Gasteiger partial charge in [-0.1, -0.05) is 19.9 Å². The van der Waals surface area contributed by atoms with Crippen LogP contribution in [0.4, 0.5) is 5.69 Å². The van der Waals surface area contributed by atoms with Crippen LogP contribution in [0.2, 0.25) is 0 Å². The van der Waals surface area contributed by atoms with E-state index < -0.39 is 0 Å². The van der Waals surface area contributed by atoms with Gasteiger partial charge in [-0.25, -0.2) is 0 Å². The molecule has 1 aromatic carbocycles. The summed E-state index contributed by atoms with van der Waals surface area (Å²) in [6.07, 6.45) is 3.85. The van der Waals surface area contributed by atoms with Gasteiger partial charge < -0.3 is 10.6 Å². The van der Waals surface area contributed by atoms with Crippen LogP contribution >= 0.6 is 15.9 Å². The van der Waals surface area contributed by atoms with Gasteiger partial charge in [0.15, 0.2) is 0 Å². The maximum Gasteiger partial charge on any atom is 0.0511 e. The average molecular weight is 325 g/mol. The number of anilines is 1. The number of hydrogen-bond donors (Lipinski definition) is 1. The average Bonchev–Trinajstić information content (AvgIpc) is 2.83. The van der Waals surface area contributed by atoms with Crippen molar-refractivity contribution in [3.8, 4) is 0 Å². The van der Waals surface area contributed by atoms with Crippen molar-refractivity contribution in [1.82, 2.24) is 0 Å². The largest absolute Gasteiger partial charge is 0.370 e. The first-order valence-corrected chi connectivity index (χ1v) is 8.10. The van der Waals surface area contributed by atoms with E-state index in [1.807, 2.05) is 6.92 Å². The Balaban J connectivity index is 2.20. The van der Waals surface area contributed by atoms with Crippen LogP contribution in [0, 0.1) is 5.41 Å². The molecule has 1 aliphatic heterocycles. The van der Waals surface area contributed by atoms with Gasteiger partial charge in [0.25, 0.3) is 0 Å². The second kappa shape index (κ2) is 5.84. The third-order valence-corrected chi connectivity index (χ3v) is 5.41. The minimum absolute atomic E-state index is 0.0919. The number of hydrogen-bond acceptors (Lipinski definition) is 2. The second-order valence-electron chi connectivity index (χ2n) is 5.88. The topological polar surface area (TPSA) is 29.3 Å². The fraction of sp³-hybridized carbons (Fsp3) is 0.625. The molecule has 1 atom stereocenters. The van der Waals surface area contributed by atoms with Crippen LogP contribution < -0.4 is 10.6 Å². The lowest BCUT2D eigenvalue weighted by Crippen LogP contribution is -2.26. The molecule has 0 bridgehead atoms. The normalized spacial score (nSPS) is 19.7. The van der Waals surface area contributed by atoms with E-state index in [4.69, 9.17) is 5.73 Å². The summed E-state index contributed by atoms with van der Waals surface area (Å²) in [5.74, 6) is 0. The Morgan fingerprint density at radius 2 is 2.05 bits per heavy atom. The summed E-state index contributed by atoms with van der Waals surface area (Å²) in [4.78, 5) is 2.52. The quantitative estimate of drug-likeness (QED) is 0.884. The fourth-order valence-corrected chi connectivity index (χ4v) is 3.68. The van der Waals surface area contributed by atoms with Gasteiger partial charge >= 0.3 is 0 Å². The molecule has 0 unspecified atom stereocenters. The van der Waals surface area contributed by atoms with E-state index in [1.165, 1.54) is 41.5 Å². The van der Waals surface area contributed by atoms with E-state index >= 15 is 0 Å². The Morgan fingerprint density at radius 3 is 2.53 bits per heavy atom. The monoisotopic (exact) mass is 324 g/mol. The number of rotatable bonds is 4. The summed E-state index contributed by atoms with van der Waals surface area (Å²) >= 11 is 3.71. The number of benzene rings is 1. The van der Waals surface area contributed by atoms with E-state index in [2.05, 4.69) is 52.9 Å². The number of nitrogens with zero attached hydrogens (tertiary/aromatic N) is 1. The summed E-state index contributed by atoms with van der Waals surface area (Å²) in [5.41, 5.74) is 8.95. The molecule has 1 aromatic rings. The SMILES string of the molecule is CCC1(CC)CCN(c2ccc([C@@H](C)N)cc2Br)C1. The van der Waals surface area contributed by atoms with Crippen molar-refractivity contribution in [3.63, 3.8) is 0 Å². The highest BCUT2D eigenvalue weighted by Crippen LogP contribution is 2.41. The zero-order chi connectivity index (χ0) is 14.0. The van der Waals surface area contributed by atoms with E-state index in [0.717, 1.165) is 6.54 Å². The van der Waals surface area contributed by atoms with E-state index in [9.17, 15) is 0 Å². The van der Waals surface area contributed by atoms with Crippen LogP contribution in [0.5, 0.6) is 0 Å². The third-order valence-electron chi connectivity index (χ3n) is 4.78.